The average Bonchev–Trinajstić information content (AvgIpc) is 3.10. The number of aromatic amines is 1. The highest BCUT2D eigenvalue weighted by atomic mass is 16.3. The van der Waals surface area contributed by atoms with Crippen LogP contribution in [0.15, 0.2) is 70.2 Å². The van der Waals surface area contributed by atoms with Gasteiger partial charge in [-0.25, -0.2) is 0 Å². The van der Waals surface area contributed by atoms with E-state index in [0.29, 0.717) is 11.4 Å². The van der Waals surface area contributed by atoms with Crippen molar-refractivity contribution in [3.8, 4) is 0 Å². The monoisotopic (exact) mass is 323 g/mol. The Hall–Kier alpha value is -3.61. The van der Waals surface area contributed by atoms with E-state index in [2.05, 4.69) is 15.6 Å². The third kappa shape index (κ3) is 3.41. The fourth-order valence-electron chi connectivity index (χ4n) is 2.07. The number of aromatic nitrogens is 1. The summed E-state index contributed by atoms with van der Waals surface area (Å²) in [5.74, 6) is -0.755. The summed E-state index contributed by atoms with van der Waals surface area (Å²) in [4.78, 5) is 38.1. The molecule has 0 spiro atoms. The predicted octanol–water partition coefficient (Wildman–Crippen LogP) is 2.47. The molecule has 0 bridgehead atoms. The summed E-state index contributed by atoms with van der Waals surface area (Å²) in [6.45, 7) is 0. The summed E-state index contributed by atoms with van der Waals surface area (Å²) < 4.78 is 5.01. The molecule has 3 aromatic rings. The Kier molecular flexibility index (Phi) is 4.24. The first-order valence-electron chi connectivity index (χ1n) is 7.07. The molecule has 0 saturated carbocycles. The Morgan fingerprint density at radius 1 is 0.917 bits per heavy atom. The van der Waals surface area contributed by atoms with Crippen LogP contribution >= 0.6 is 0 Å². The number of anilines is 2. The van der Waals surface area contributed by atoms with Crippen LogP contribution in [0.5, 0.6) is 0 Å². The molecular weight excluding hydrogens is 310 g/mol. The van der Waals surface area contributed by atoms with E-state index in [1.54, 1.807) is 42.5 Å². The fourth-order valence-corrected chi connectivity index (χ4v) is 2.07. The number of rotatable bonds is 4. The van der Waals surface area contributed by atoms with Gasteiger partial charge in [-0.2, -0.15) is 0 Å². The van der Waals surface area contributed by atoms with Crippen molar-refractivity contribution >= 4 is 23.2 Å². The maximum Gasteiger partial charge on any atom is 0.291 e. The number of carbonyl (C=O) groups is 2. The molecule has 0 aliphatic heterocycles. The number of carbonyl (C=O) groups excluding carboxylic acids is 2. The molecule has 2 amide bonds. The first kappa shape index (κ1) is 15.3. The lowest BCUT2D eigenvalue weighted by atomic mass is 10.2. The molecule has 120 valence electrons. The zero-order valence-corrected chi connectivity index (χ0v) is 12.4. The van der Waals surface area contributed by atoms with E-state index >= 15 is 0 Å². The van der Waals surface area contributed by atoms with E-state index < -0.39 is 17.4 Å². The quantitative estimate of drug-likeness (QED) is 0.686. The molecule has 0 aliphatic carbocycles. The number of benzene rings is 1. The third-order valence-corrected chi connectivity index (χ3v) is 3.19. The van der Waals surface area contributed by atoms with Gasteiger partial charge in [-0.15, -0.1) is 0 Å². The van der Waals surface area contributed by atoms with E-state index in [4.69, 9.17) is 4.42 Å². The van der Waals surface area contributed by atoms with Crippen LogP contribution in [0.25, 0.3) is 0 Å². The van der Waals surface area contributed by atoms with Crippen LogP contribution < -0.4 is 16.2 Å². The van der Waals surface area contributed by atoms with Gasteiger partial charge in [0.25, 0.3) is 17.4 Å². The minimum absolute atomic E-state index is 0.00234. The smallest absolute Gasteiger partial charge is 0.291 e. The number of H-pyrrole nitrogens is 1. The van der Waals surface area contributed by atoms with Gasteiger partial charge in [-0.3, -0.25) is 14.4 Å². The van der Waals surface area contributed by atoms with Gasteiger partial charge in [0, 0.05) is 17.6 Å². The minimum Gasteiger partial charge on any atom is -0.459 e. The summed E-state index contributed by atoms with van der Waals surface area (Å²) in [5.41, 5.74) is 0.455. The molecular formula is C17H13N3O4. The molecule has 0 saturated heterocycles. The molecule has 24 heavy (non-hydrogen) atoms. The van der Waals surface area contributed by atoms with Crippen molar-refractivity contribution in [1.29, 1.82) is 0 Å². The SMILES string of the molecule is O=C(Nc1cccc(NC(=O)c2ccc[nH]c2=O)c1)c1ccco1. The van der Waals surface area contributed by atoms with Crippen LogP contribution in [-0.2, 0) is 0 Å². The fraction of sp³-hybridized carbons (Fsp3) is 0. The van der Waals surface area contributed by atoms with E-state index in [-0.39, 0.29) is 11.3 Å². The van der Waals surface area contributed by atoms with Crippen molar-refractivity contribution in [1.82, 2.24) is 4.98 Å². The van der Waals surface area contributed by atoms with Crippen LogP contribution in [0.4, 0.5) is 11.4 Å². The molecule has 0 unspecified atom stereocenters. The second kappa shape index (κ2) is 6.66. The van der Waals surface area contributed by atoms with Gasteiger partial charge < -0.3 is 20.0 Å². The highest BCUT2D eigenvalue weighted by Gasteiger charge is 2.11. The molecule has 0 aliphatic rings. The Balaban J connectivity index is 1.74. The van der Waals surface area contributed by atoms with Crippen molar-refractivity contribution in [2.45, 2.75) is 0 Å². The largest absolute Gasteiger partial charge is 0.459 e. The van der Waals surface area contributed by atoms with Gasteiger partial charge >= 0.3 is 0 Å². The Labute approximate surface area is 136 Å². The Morgan fingerprint density at radius 3 is 2.33 bits per heavy atom. The summed E-state index contributed by atoms with van der Waals surface area (Å²) in [6, 6.07) is 12.7. The van der Waals surface area contributed by atoms with Gasteiger partial charge in [0.2, 0.25) is 0 Å². The number of hydrogen-bond acceptors (Lipinski definition) is 4. The number of furan rings is 1. The van der Waals surface area contributed by atoms with Crippen molar-refractivity contribution in [3.05, 3.63) is 82.7 Å². The molecule has 0 atom stereocenters. The van der Waals surface area contributed by atoms with Gasteiger partial charge in [0.15, 0.2) is 5.76 Å². The zero-order chi connectivity index (χ0) is 16.9. The second-order valence-electron chi connectivity index (χ2n) is 4.88. The van der Waals surface area contributed by atoms with Crippen LogP contribution in [0.1, 0.15) is 20.9 Å². The number of amides is 2. The lowest BCUT2D eigenvalue weighted by Gasteiger charge is -2.08. The predicted molar refractivity (Wildman–Crippen MR) is 88.1 cm³/mol. The highest BCUT2D eigenvalue weighted by Crippen LogP contribution is 2.16. The first-order chi connectivity index (χ1) is 11.6. The second-order valence-corrected chi connectivity index (χ2v) is 4.88. The van der Waals surface area contributed by atoms with Crippen molar-refractivity contribution in [2.75, 3.05) is 10.6 Å². The van der Waals surface area contributed by atoms with E-state index in [0.717, 1.165) is 0 Å². The molecule has 7 nitrogen and oxygen atoms in total. The number of hydrogen-bond donors (Lipinski definition) is 3. The van der Waals surface area contributed by atoms with Gasteiger partial charge in [-0.05, 0) is 42.5 Å². The van der Waals surface area contributed by atoms with E-state index in [1.807, 2.05) is 0 Å². The summed E-state index contributed by atoms with van der Waals surface area (Å²) in [5, 5.41) is 5.27. The van der Waals surface area contributed by atoms with Gasteiger partial charge in [0.05, 0.1) is 6.26 Å². The van der Waals surface area contributed by atoms with Gasteiger partial charge in [0.1, 0.15) is 5.56 Å². The normalized spacial score (nSPS) is 10.2. The molecule has 3 rings (SSSR count). The highest BCUT2D eigenvalue weighted by molar-refractivity contribution is 6.05. The van der Waals surface area contributed by atoms with Crippen molar-refractivity contribution in [3.63, 3.8) is 0 Å². The third-order valence-electron chi connectivity index (χ3n) is 3.19. The van der Waals surface area contributed by atoms with Crippen LogP contribution in [0.2, 0.25) is 0 Å². The maximum atomic E-state index is 12.1. The topological polar surface area (TPSA) is 104 Å². The van der Waals surface area contributed by atoms with Crippen molar-refractivity contribution in [2.24, 2.45) is 0 Å². The first-order valence-corrected chi connectivity index (χ1v) is 7.07. The zero-order valence-electron chi connectivity index (χ0n) is 12.4. The standard InChI is InChI=1S/C17H13N3O4/c21-15-13(6-2-8-18-15)16(22)19-11-4-1-5-12(10-11)20-17(23)14-7-3-9-24-14/h1-10H,(H,18,21)(H,19,22)(H,20,23). The van der Waals surface area contributed by atoms with Crippen molar-refractivity contribution < 1.29 is 14.0 Å². The molecule has 2 aromatic heterocycles. The molecule has 2 heterocycles. The van der Waals surface area contributed by atoms with Crippen LogP contribution in [0, 0.1) is 0 Å². The Morgan fingerprint density at radius 2 is 1.67 bits per heavy atom. The summed E-state index contributed by atoms with van der Waals surface area (Å²) in [7, 11) is 0. The number of pyridine rings is 1. The molecule has 0 radical (unpaired) electrons. The van der Waals surface area contributed by atoms with Crippen LogP contribution in [-0.4, -0.2) is 16.8 Å². The lowest BCUT2D eigenvalue weighted by Crippen LogP contribution is -2.22. The summed E-state index contributed by atoms with van der Waals surface area (Å²) >= 11 is 0. The molecule has 7 heteroatoms. The van der Waals surface area contributed by atoms with Gasteiger partial charge in [-0.1, -0.05) is 6.07 Å². The maximum absolute atomic E-state index is 12.1. The molecule has 1 aromatic carbocycles. The van der Waals surface area contributed by atoms with E-state index in [1.165, 1.54) is 18.5 Å². The van der Waals surface area contributed by atoms with E-state index in [9.17, 15) is 14.4 Å². The Bertz CT molecular complexity index is 929. The lowest BCUT2D eigenvalue weighted by molar-refractivity contribution is 0.0995. The van der Waals surface area contributed by atoms with Crippen LogP contribution in [0.3, 0.4) is 0 Å². The molecule has 0 fully saturated rings. The minimum atomic E-state index is -0.536. The number of nitrogens with one attached hydrogen (secondary N) is 3. The summed E-state index contributed by atoms with van der Waals surface area (Å²) in [6.07, 6.45) is 2.85. The average molecular weight is 323 g/mol. The molecule has 3 N–H and O–H groups in total.